The molecule has 1 rings (SSSR count). The van der Waals surface area contributed by atoms with Crippen molar-refractivity contribution in [3.8, 4) is 0 Å². The van der Waals surface area contributed by atoms with Crippen molar-refractivity contribution >= 4 is 8.32 Å². The zero-order valence-electron chi connectivity index (χ0n) is 13.5. The minimum atomic E-state index is -1.67. The van der Waals surface area contributed by atoms with Gasteiger partial charge in [-0.05, 0) is 25.1 Å². The molecule has 1 N–H and O–H groups in total. The molecule has 0 aromatic rings. The van der Waals surface area contributed by atoms with Crippen molar-refractivity contribution in [1.29, 1.82) is 0 Å². The van der Waals surface area contributed by atoms with Gasteiger partial charge in [-0.2, -0.15) is 0 Å². The first-order valence-electron chi connectivity index (χ1n) is 7.14. The Labute approximate surface area is 119 Å². The number of ether oxygens (including phenoxy) is 1. The molecule has 0 unspecified atom stereocenters. The summed E-state index contributed by atoms with van der Waals surface area (Å²) in [7, 11) is -1.67. The summed E-state index contributed by atoms with van der Waals surface area (Å²) in [6.45, 7) is 16.4. The fourth-order valence-corrected chi connectivity index (χ4v) is 3.10. The summed E-state index contributed by atoms with van der Waals surface area (Å²) in [5.74, 6) is 0.377. The molecule has 0 aromatic carbocycles. The highest BCUT2D eigenvalue weighted by atomic mass is 28.4. The lowest BCUT2D eigenvalue weighted by molar-refractivity contribution is 0.206. The van der Waals surface area contributed by atoms with Crippen molar-refractivity contribution < 1.29 is 14.3 Å². The lowest BCUT2D eigenvalue weighted by Crippen LogP contribution is -2.42. The van der Waals surface area contributed by atoms with E-state index in [-0.39, 0.29) is 23.4 Å². The number of hydrogen-bond donors (Lipinski definition) is 1. The van der Waals surface area contributed by atoms with Gasteiger partial charge in [-0.3, -0.25) is 0 Å². The second-order valence-corrected chi connectivity index (χ2v) is 12.2. The predicted molar refractivity (Wildman–Crippen MR) is 81.8 cm³/mol. The van der Waals surface area contributed by atoms with Crippen molar-refractivity contribution in [1.82, 2.24) is 0 Å². The molecule has 1 fully saturated rings. The van der Waals surface area contributed by atoms with E-state index in [4.69, 9.17) is 14.3 Å². The molecule has 0 amide bonds. The Balaban J connectivity index is 2.46. The summed E-state index contributed by atoms with van der Waals surface area (Å²) in [4.78, 5) is 0. The van der Waals surface area contributed by atoms with Crippen LogP contribution in [0.25, 0.3) is 0 Å². The van der Waals surface area contributed by atoms with E-state index in [2.05, 4.69) is 47.7 Å². The Morgan fingerprint density at radius 1 is 1.42 bits per heavy atom. The fourth-order valence-electron chi connectivity index (χ4n) is 1.99. The zero-order chi connectivity index (χ0) is 14.9. The van der Waals surface area contributed by atoms with Crippen LogP contribution in [0.2, 0.25) is 18.1 Å². The van der Waals surface area contributed by atoms with Crippen LogP contribution in [-0.4, -0.2) is 38.3 Å². The maximum Gasteiger partial charge on any atom is 0.191 e. The number of hydrogen-bond acceptors (Lipinski definition) is 3. The fraction of sp³-hybridized carbons (Fsp3) is 0.867. The van der Waals surface area contributed by atoms with Crippen molar-refractivity contribution in [2.75, 3.05) is 13.2 Å². The van der Waals surface area contributed by atoms with Crippen LogP contribution in [0.3, 0.4) is 0 Å². The Kier molecular flexibility index (Phi) is 5.05. The topological polar surface area (TPSA) is 42.0 Å². The van der Waals surface area contributed by atoms with Gasteiger partial charge in [-0.25, -0.2) is 0 Å². The van der Waals surface area contributed by atoms with E-state index in [9.17, 15) is 0 Å². The predicted octanol–water partition coefficient (Wildman–Crippen LogP) is 3.35. The summed E-state index contributed by atoms with van der Waals surface area (Å²) < 4.78 is 12.0. The molecule has 0 spiro atoms. The van der Waals surface area contributed by atoms with Gasteiger partial charge in [0.25, 0.3) is 0 Å². The van der Waals surface area contributed by atoms with Crippen LogP contribution in [0.5, 0.6) is 0 Å². The molecule has 19 heavy (non-hydrogen) atoms. The van der Waals surface area contributed by atoms with Gasteiger partial charge >= 0.3 is 0 Å². The normalized spacial score (nSPS) is 29.8. The van der Waals surface area contributed by atoms with Crippen LogP contribution in [-0.2, 0) is 9.16 Å². The number of aliphatic hydroxyl groups excluding tert-OH is 1. The number of epoxide rings is 1. The van der Waals surface area contributed by atoms with Gasteiger partial charge in [-0.15, -0.1) is 0 Å². The van der Waals surface area contributed by atoms with E-state index in [1.54, 1.807) is 6.08 Å². The first-order valence-corrected chi connectivity index (χ1v) is 10.0. The van der Waals surface area contributed by atoms with E-state index in [0.29, 0.717) is 5.92 Å². The second-order valence-electron chi connectivity index (χ2n) is 7.36. The van der Waals surface area contributed by atoms with Gasteiger partial charge in [0.2, 0.25) is 0 Å². The average Bonchev–Trinajstić information content (AvgIpc) is 2.95. The molecular formula is C15H30O3Si. The lowest BCUT2D eigenvalue weighted by atomic mass is 9.98. The molecule has 0 aliphatic carbocycles. The third-order valence-corrected chi connectivity index (χ3v) is 8.97. The van der Waals surface area contributed by atoms with E-state index in [0.717, 1.165) is 6.61 Å². The van der Waals surface area contributed by atoms with E-state index >= 15 is 0 Å². The zero-order valence-corrected chi connectivity index (χ0v) is 14.5. The third kappa shape index (κ3) is 4.15. The molecule has 0 aromatic heterocycles. The summed E-state index contributed by atoms with van der Waals surface area (Å²) in [5, 5.41) is 9.07. The van der Waals surface area contributed by atoms with Crippen molar-refractivity contribution in [2.45, 2.75) is 64.5 Å². The maximum absolute atomic E-state index is 8.82. The van der Waals surface area contributed by atoms with Gasteiger partial charge in [0.15, 0.2) is 8.32 Å². The van der Waals surface area contributed by atoms with Crippen LogP contribution >= 0.6 is 0 Å². The quantitative estimate of drug-likeness (QED) is 0.462. The summed E-state index contributed by atoms with van der Waals surface area (Å²) in [6.07, 6.45) is 3.92. The Morgan fingerprint density at radius 3 is 2.47 bits per heavy atom. The van der Waals surface area contributed by atoms with Gasteiger partial charge in [0.1, 0.15) is 5.60 Å². The number of rotatable bonds is 6. The average molecular weight is 286 g/mol. The molecule has 3 nitrogen and oxygen atoms in total. The van der Waals surface area contributed by atoms with Gasteiger partial charge < -0.3 is 14.3 Å². The molecule has 4 heteroatoms. The molecular weight excluding hydrogens is 256 g/mol. The molecule has 0 bridgehead atoms. The highest BCUT2D eigenvalue weighted by Gasteiger charge is 2.53. The van der Waals surface area contributed by atoms with Crippen molar-refractivity contribution in [3.05, 3.63) is 12.2 Å². The van der Waals surface area contributed by atoms with Crippen molar-refractivity contribution in [2.24, 2.45) is 5.92 Å². The minimum absolute atomic E-state index is 0.0700. The summed E-state index contributed by atoms with van der Waals surface area (Å²) in [6, 6.07) is 0. The molecule has 1 saturated heterocycles. The first kappa shape index (κ1) is 16.9. The monoisotopic (exact) mass is 286 g/mol. The molecule has 0 saturated carbocycles. The molecule has 1 heterocycles. The third-order valence-electron chi connectivity index (χ3n) is 4.47. The summed E-state index contributed by atoms with van der Waals surface area (Å²) >= 11 is 0. The van der Waals surface area contributed by atoms with Gasteiger partial charge in [0, 0.05) is 12.5 Å². The van der Waals surface area contributed by atoms with Crippen LogP contribution in [0.15, 0.2) is 12.2 Å². The first-order chi connectivity index (χ1) is 8.53. The van der Waals surface area contributed by atoms with Crippen LogP contribution in [0.4, 0.5) is 0 Å². The molecule has 112 valence electrons. The second kappa shape index (κ2) is 5.68. The minimum Gasteiger partial charge on any atom is -0.416 e. The highest BCUT2D eigenvalue weighted by Crippen LogP contribution is 2.43. The smallest absolute Gasteiger partial charge is 0.191 e. The highest BCUT2D eigenvalue weighted by molar-refractivity contribution is 6.74. The SMILES string of the molecule is C[C@@H](CO[Si](C)(C)C(C)(C)C)[C@H]1O[C@@]1(C)/C=C\CO. The van der Waals surface area contributed by atoms with Gasteiger partial charge in [-0.1, -0.05) is 39.8 Å². The largest absolute Gasteiger partial charge is 0.416 e. The van der Waals surface area contributed by atoms with Crippen LogP contribution < -0.4 is 0 Å². The standard InChI is InChI=1S/C15H30O3Si/c1-12(11-17-19(6,7)14(2,3)4)13-15(5,18-13)9-8-10-16/h8-9,12-13,16H,10-11H2,1-7H3/b9-8-/t12-,13+,15-/m0/s1. The molecule has 3 atom stereocenters. The number of aliphatic hydroxyl groups is 1. The van der Waals surface area contributed by atoms with E-state index < -0.39 is 8.32 Å². The van der Waals surface area contributed by atoms with E-state index in [1.807, 2.05) is 6.08 Å². The Morgan fingerprint density at radius 2 is 2.00 bits per heavy atom. The van der Waals surface area contributed by atoms with Gasteiger partial charge in [0.05, 0.1) is 12.7 Å². The molecule has 0 radical (unpaired) electrons. The van der Waals surface area contributed by atoms with Crippen LogP contribution in [0, 0.1) is 5.92 Å². The Bertz CT molecular complexity index is 333. The van der Waals surface area contributed by atoms with Crippen LogP contribution in [0.1, 0.15) is 34.6 Å². The van der Waals surface area contributed by atoms with E-state index in [1.165, 1.54) is 0 Å². The lowest BCUT2D eigenvalue weighted by Gasteiger charge is -2.36. The summed E-state index contributed by atoms with van der Waals surface area (Å²) in [5.41, 5.74) is -0.209. The Hall–Kier alpha value is -0.163. The maximum atomic E-state index is 8.82. The van der Waals surface area contributed by atoms with Crippen molar-refractivity contribution in [3.63, 3.8) is 0 Å². The molecule has 1 aliphatic heterocycles. The molecule has 1 aliphatic rings.